The number of aromatic nitrogens is 4. The highest BCUT2D eigenvalue weighted by Crippen LogP contribution is 2.33. The Kier molecular flexibility index (Phi) is 4.53. The second-order valence-electron chi connectivity index (χ2n) is 5.69. The van der Waals surface area contributed by atoms with Crippen LogP contribution in [-0.2, 0) is 0 Å². The van der Waals surface area contributed by atoms with E-state index in [0.29, 0.717) is 6.04 Å². The molecule has 0 amide bonds. The summed E-state index contributed by atoms with van der Waals surface area (Å²) < 4.78 is 2.96. The lowest BCUT2D eigenvalue weighted by Crippen LogP contribution is -2.14. The van der Waals surface area contributed by atoms with Crippen molar-refractivity contribution in [2.24, 2.45) is 0 Å². The van der Waals surface area contributed by atoms with Crippen molar-refractivity contribution in [2.45, 2.75) is 51.0 Å². The minimum absolute atomic E-state index is 0.392. The highest BCUT2D eigenvalue weighted by molar-refractivity contribution is 9.10. The number of rotatable bonds is 2. The summed E-state index contributed by atoms with van der Waals surface area (Å²) in [5, 5.41) is 12.4. The summed E-state index contributed by atoms with van der Waals surface area (Å²) in [7, 11) is 0. The predicted molar refractivity (Wildman–Crippen MR) is 86.7 cm³/mol. The number of nitrogen functional groups attached to an aromatic ring is 1. The van der Waals surface area contributed by atoms with Gasteiger partial charge >= 0.3 is 0 Å². The third-order valence-electron chi connectivity index (χ3n) is 4.14. The fraction of sp³-hybridized carbons (Fsp3) is 0.533. The van der Waals surface area contributed by atoms with E-state index in [2.05, 4.69) is 31.5 Å². The molecule has 0 atom stereocenters. The number of hydrogen-bond donors (Lipinski definition) is 1. The zero-order chi connectivity index (χ0) is 14.7. The van der Waals surface area contributed by atoms with Crippen molar-refractivity contribution >= 4 is 21.6 Å². The normalized spacial score (nSPS) is 17.4. The van der Waals surface area contributed by atoms with E-state index in [9.17, 15) is 0 Å². The lowest BCUT2D eigenvalue weighted by molar-refractivity contribution is 0.345. The molecular weight excluding hydrogens is 330 g/mol. The van der Waals surface area contributed by atoms with Gasteiger partial charge in [-0.2, -0.15) is 0 Å². The van der Waals surface area contributed by atoms with Gasteiger partial charge in [0.05, 0.1) is 6.04 Å². The van der Waals surface area contributed by atoms with E-state index in [4.69, 9.17) is 5.73 Å². The van der Waals surface area contributed by atoms with E-state index < -0.39 is 0 Å². The van der Waals surface area contributed by atoms with Gasteiger partial charge in [0, 0.05) is 15.7 Å². The first-order valence-electron chi connectivity index (χ1n) is 7.59. The minimum atomic E-state index is 0.392. The summed E-state index contributed by atoms with van der Waals surface area (Å²) in [5.41, 5.74) is 7.59. The summed E-state index contributed by atoms with van der Waals surface area (Å²) >= 11 is 3.57. The molecule has 1 aromatic carbocycles. The molecule has 0 aliphatic heterocycles. The van der Waals surface area contributed by atoms with Crippen LogP contribution in [0.1, 0.15) is 51.0 Å². The third kappa shape index (κ3) is 3.26. The van der Waals surface area contributed by atoms with Gasteiger partial charge in [-0.1, -0.05) is 48.0 Å². The first-order chi connectivity index (χ1) is 10.3. The highest BCUT2D eigenvalue weighted by atomic mass is 79.9. The Balaban J connectivity index is 1.94. The SMILES string of the molecule is Nc1ccc(Br)c(-c2nnnn2C2CCCCCCC2)c1. The Morgan fingerprint density at radius 2 is 1.81 bits per heavy atom. The van der Waals surface area contributed by atoms with Crippen LogP contribution in [0.3, 0.4) is 0 Å². The molecular formula is C15H20BrN5. The molecule has 0 saturated heterocycles. The molecule has 1 aliphatic rings. The van der Waals surface area contributed by atoms with Gasteiger partial charge in [0.2, 0.25) is 0 Å². The number of halogens is 1. The fourth-order valence-corrected chi connectivity index (χ4v) is 3.43. The largest absolute Gasteiger partial charge is 0.399 e. The molecule has 0 unspecified atom stereocenters. The lowest BCUT2D eigenvalue weighted by atomic mass is 9.96. The number of hydrogen-bond acceptors (Lipinski definition) is 4. The van der Waals surface area contributed by atoms with Crippen molar-refractivity contribution in [3.63, 3.8) is 0 Å². The average Bonchev–Trinajstić information content (AvgIpc) is 2.90. The fourth-order valence-electron chi connectivity index (χ4n) is 3.01. The molecule has 5 nitrogen and oxygen atoms in total. The maximum atomic E-state index is 5.91. The van der Waals surface area contributed by atoms with Crippen LogP contribution < -0.4 is 5.73 Å². The van der Waals surface area contributed by atoms with Gasteiger partial charge in [-0.05, 0) is 41.5 Å². The van der Waals surface area contributed by atoms with Crippen LogP contribution in [0.2, 0.25) is 0 Å². The maximum Gasteiger partial charge on any atom is 0.183 e. The Hall–Kier alpha value is -1.43. The van der Waals surface area contributed by atoms with Crippen molar-refractivity contribution in [3.8, 4) is 11.4 Å². The van der Waals surface area contributed by atoms with Crippen LogP contribution in [0.4, 0.5) is 5.69 Å². The second-order valence-corrected chi connectivity index (χ2v) is 6.54. The van der Waals surface area contributed by atoms with Crippen molar-refractivity contribution in [2.75, 3.05) is 5.73 Å². The predicted octanol–water partition coefficient (Wildman–Crippen LogP) is 3.97. The van der Waals surface area contributed by atoms with Crippen molar-refractivity contribution in [1.82, 2.24) is 20.2 Å². The quantitative estimate of drug-likeness (QED) is 0.832. The van der Waals surface area contributed by atoms with Gasteiger partial charge < -0.3 is 5.73 Å². The van der Waals surface area contributed by atoms with Crippen molar-refractivity contribution in [3.05, 3.63) is 22.7 Å². The molecule has 1 heterocycles. The summed E-state index contributed by atoms with van der Waals surface area (Å²) in [4.78, 5) is 0. The third-order valence-corrected chi connectivity index (χ3v) is 4.84. The van der Waals surface area contributed by atoms with E-state index in [1.807, 2.05) is 22.9 Å². The summed E-state index contributed by atoms with van der Waals surface area (Å²) in [5.74, 6) is 0.805. The molecule has 21 heavy (non-hydrogen) atoms. The van der Waals surface area contributed by atoms with Crippen molar-refractivity contribution < 1.29 is 0 Å². The van der Waals surface area contributed by atoms with Gasteiger partial charge in [-0.3, -0.25) is 0 Å². The maximum absolute atomic E-state index is 5.91. The first kappa shape index (κ1) is 14.5. The number of anilines is 1. The van der Waals surface area contributed by atoms with Gasteiger partial charge in [-0.15, -0.1) is 5.10 Å². The van der Waals surface area contributed by atoms with Crippen LogP contribution in [0.25, 0.3) is 11.4 Å². The molecule has 1 saturated carbocycles. The van der Waals surface area contributed by atoms with E-state index in [0.717, 1.165) is 34.4 Å². The summed E-state index contributed by atoms with van der Waals surface area (Å²) in [6.07, 6.45) is 8.79. The number of tetrazole rings is 1. The summed E-state index contributed by atoms with van der Waals surface area (Å²) in [6.45, 7) is 0. The smallest absolute Gasteiger partial charge is 0.183 e. The first-order valence-corrected chi connectivity index (χ1v) is 8.38. The molecule has 2 aromatic rings. The van der Waals surface area contributed by atoms with Crippen LogP contribution in [0, 0.1) is 0 Å². The van der Waals surface area contributed by atoms with E-state index in [1.165, 1.54) is 32.1 Å². The van der Waals surface area contributed by atoms with E-state index >= 15 is 0 Å². The zero-order valence-electron chi connectivity index (χ0n) is 12.0. The van der Waals surface area contributed by atoms with Gasteiger partial charge in [0.1, 0.15) is 0 Å². The highest BCUT2D eigenvalue weighted by Gasteiger charge is 2.20. The molecule has 1 fully saturated rings. The molecule has 0 radical (unpaired) electrons. The second kappa shape index (κ2) is 6.56. The molecule has 1 aromatic heterocycles. The molecule has 1 aliphatic carbocycles. The molecule has 2 N–H and O–H groups in total. The standard InChI is InChI=1S/C15H20BrN5/c16-14-9-8-11(17)10-13(14)15-18-19-20-21(15)12-6-4-2-1-3-5-7-12/h8-10,12H,1-7,17H2. The summed E-state index contributed by atoms with van der Waals surface area (Å²) in [6, 6.07) is 6.14. The zero-order valence-corrected chi connectivity index (χ0v) is 13.6. The van der Waals surface area contributed by atoms with E-state index in [1.54, 1.807) is 0 Å². The number of nitrogens with two attached hydrogens (primary N) is 1. The number of benzene rings is 1. The minimum Gasteiger partial charge on any atom is -0.399 e. The Bertz CT molecular complexity index is 602. The van der Waals surface area contributed by atoms with Crippen LogP contribution in [-0.4, -0.2) is 20.2 Å². The van der Waals surface area contributed by atoms with Gasteiger partial charge in [0.15, 0.2) is 5.82 Å². The molecule has 3 rings (SSSR count). The Morgan fingerprint density at radius 3 is 2.57 bits per heavy atom. The Labute approximate surface area is 133 Å². The van der Waals surface area contributed by atoms with Crippen LogP contribution in [0.15, 0.2) is 22.7 Å². The average molecular weight is 350 g/mol. The Morgan fingerprint density at radius 1 is 1.10 bits per heavy atom. The van der Waals surface area contributed by atoms with Crippen LogP contribution in [0.5, 0.6) is 0 Å². The molecule has 0 spiro atoms. The molecule has 112 valence electrons. The van der Waals surface area contributed by atoms with Gasteiger partial charge in [-0.25, -0.2) is 4.68 Å². The van der Waals surface area contributed by atoms with Crippen LogP contribution >= 0.6 is 15.9 Å². The monoisotopic (exact) mass is 349 g/mol. The molecule has 6 heteroatoms. The van der Waals surface area contributed by atoms with Crippen molar-refractivity contribution in [1.29, 1.82) is 0 Å². The topological polar surface area (TPSA) is 69.6 Å². The van der Waals surface area contributed by atoms with E-state index in [-0.39, 0.29) is 0 Å². The van der Waals surface area contributed by atoms with Gasteiger partial charge in [0.25, 0.3) is 0 Å². The number of nitrogens with zero attached hydrogens (tertiary/aromatic N) is 4. The molecule has 0 bridgehead atoms. The lowest BCUT2D eigenvalue weighted by Gasteiger charge is -2.20.